The Morgan fingerprint density at radius 2 is 2.17 bits per heavy atom. The normalized spacial score (nSPS) is 21.1. The molecule has 5 nitrogen and oxygen atoms in total. The second-order valence-electron chi connectivity index (χ2n) is 4.93. The van der Waals surface area contributed by atoms with E-state index >= 15 is 0 Å². The Labute approximate surface area is 109 Å². The predicted octanol–water partition coefficient (Wildman–Crippen LogP) is 1.36. The number of likely N-dealkylation sites (N-methyl/N-ethyl adjacent to an activating group) is 1. The van der Waals surface area contributed by atoms with E-state index in [2.05, 4.69) is 45.1 Å². The molecular formula is C13H23N5. The summed E-state index contributed by atoms with van der Waals surface area (Å²) in [5.41, 5.74) is 1.01. The number of anilines is 2. The second-order valence-corrected chi connectivity index (χ2v) is 4.93. The van der Waals surface area contributed by atoms with E-state index in [-0.39, 0.29) is 0 Å². The van der Waals surface area contributed by atoms with Gasteiger partial charge in [-0.3, -0.25) is 4.90 Å². The van der Waals surface area contributed by atoms with Crippen molar-refractivity contribution in [3.63, 3.8) is 0 Å². The van der Waals surface area contributed by atoms with Gasteiger partial charge in [0.2, 0.25) is 5.95 Å². The molecule has 1 fully saturated rings. The maximum Gasteiger partial charge on any atom is 0.224 e. The summed E-state index contributed by atoms with van der Waals surface area (Å²) >= 11 is 0. The van der Waals surface area contributed by atoms with Gasteiger partial charge in [-0.1, -0.05) is 6.92 Å². The minimum Gasteiger partial charge on any atom is -0.357 e. The van der Waals surface area contributed by atoms with Gasteiger partial charge in [0.15, 0.2) is 0 Å². The molecule has 0 aliphatic carbocycles. The number of nitrogens with one attached hydrogen (secondary N) is 1. The lowest BCUT2D eigenvalue weighted by molar-refractivity contribution is 0.213. The van der Waals surface area contributed by atoms with Crippen LogP contribution in [0, 0.1) is 6.92 Å². The summed E-state index contributed by atoms with van der Waals surface area (Å²) in [4.78, 5) is 13.7. The van der Waals surface area contributed by atoms with Crippen LogP contribution in [0.1, 0.15) is 19.0 Å². The lowest BCUT2D eigenvalue weighted by Gasteiger charge is -2.39. The van der Waals surface area contributed by atoms with Crippen LogP contribution in [0.3, 0.4) is 0 Å². The van der Waals surface area contributed by atoms with Gasteiger partial charge in [0, 0.05) is 44.5 Å². The topological polar surface area (TPSA) is 44.3 Å². The Bertz CT molecular complexity index is 406. The smallest absolute Gasteiger partial charge is 0.224 e. The Kier molecular flexibility index (Phi) is 4.01. The van der Waals surface area contributed by atoms with Crippen molar-refractivity contribution in [1.29, 1.82) is 0 Å². The molecule has 1 aliphatic heterocycles. The highest BCUT2D eigenvalue weighted by Crippen LogP contribution is 2.19. The number of aromatic nitrogens is 2. The zero-order chi connectivity index (χ0) is 13.1. The van der Waals surface area contributed by atoms with Crippen LogP contribution < -0.4 is 10.2 Å². The average Bonchev–Trinajstić information content (AvgIpc) is 2.38. The summed E-state index contributed by atoms with van der Waals surface area (Å²) in [5, 5.41) is 3.02. The fourth-order valence-electron chi connectivity index (χ4n) is 2.42. The van der Waals surface area contributed by atoms with Gasteiger partial charge in [-0.25, -0.2) is 4.98 Å². The van der Waals surface area contributed by atoms with Crippen molar-refractivity contribution < 1.29 is 0 Å². The third-order valence-electron chi connectivity index (χ3n) is 3.64. The lowest BCUT2D eigenvalue weighted by atomic mass is 10.1. The number of hydrogen-bond acceptors (Lipinski definition) is 5. The van der Waals surface area contributed by atoms with E-state index in [1.165, 1.54) is 6.42 Å². The van der Waals surface area contributed by atoms with Gasteiger partial charge in [0.1, 0.15) is 5.82 Å². The Balaban J connectivity index is 2.18. The SMILES string of the molecule is CCC1CN(c2cc(C)nc(NC)n2)CCN1C. The molecule has 0 spiro atoms. The molecule has 0 saturated carbocycles. The van der Waals surface area contributed by atoms with Gasteiger partial charge >= 0.3 is 0 Å². The Morgan fingerprint density at radius 1 is 1.39 bits per heavy atom. The molecule has 1 unspecified atom stereocenters. The number of rotatable bonds is 3. The lowest BCUT2D eigenvalue weighted by Crippen LogP contribution is -2.51. The van der Waals surface area contributed by atoms with Crippen LogP contribution in [0.4, 0.5) is 11.8 Å². The molecule has 2 rings (SSSR count). The van der Waals surface area contributed by atoms with Crippen molar-refractivity contribution in [3.05, 3.63) is 11.8 Å². The third kappa shape index (κ3) is 2.72. The molecule has 100 valence electrons. The highest BCUT2D eigenvalue weighted by atomic mass is 15.3. The molecule has 5 heteroatoms. The van der Waals surface area contributed by atoms with Gasteiger partial charge in [-0.2, -0.15) is 4.98 Å². The van der Waals surface area contributed by atoms with E-state index in [1.54, 1.807) is 0 Å². The van der Waals surface area contributed by atoms with Crippen LogP contribution in [0.2, 0.25) is 0 Å². The molecular weight excluding hydrogens is 226 g/mol. The maximum absolute atomic E-state index is 4.55. The van der Waals surface area contributed by atoms with E-state index in [9.17, 15) is 0 Å². The molecule has 0 amide bonds. The molecule has 0 radical (unpaired) electrons. The highest BCUT2D eigenvalue weighted by molar-refractivity contribution is 5.45. The van der Waals surface area contributed by atoms with E-state index in [0.717, 1.165) is 31.1 Å². The predicted molar refractivity (Wildman–Crippen MR) is 75.2 cm³/mol. The third-order valence-corrected chi connectivity index (χ3v) is 3.64. The summed E-state index contributed by atoms with van der Waals surface area (Å²) in [7, 11) is 4.06. The fraction of sp³-hybridized carbons (Fsp3) is 0.692. The first-order chi connectivity index (χ1) is 8.63. The van der Waals surface area contributed by atoms with Gasteiger partial charge in [-0.05, 0) is 20.4 Å². The van der Waals surface area contributed by atoms with Crippen molar-refractivity contribution in [2.45, 2.75) is 26.3 Å². The highest BCUT2D eigenvalue weighted by Gasteiger charge is 2.24. The Morgan fingerprint density at radius 3 is 2.83 bits per heavy atom. The van der Waals surface area contributed by atoms with Gasteiger partial charge in [0.25, 0.3) is 0 Å². The molecule has 1 aliphatic rings. The molecule has 1 saturated heterocycles. The van der Waals surface area contributed by atoms with Crippen LogP contribution >= 0.6 is 0 Å². The van der Waals surface area contributed by atoms with Crippen molar-refractivity contribution in [3.8, 4) is 0 Å². The van der Waals surface area contributed by atoms with Gasteiger partial charge in [0.05, 0.1) is 0 Å². The number of nitrogens with zero attached hydrogens (tertiary/aromatic N) is 4. The molecule has 1 N–H and O–H groups in total. The van der Waals surface area contributed by atoms with Gasteiger partial charge < -0.3 is 10.2 Å². The average molecular weight is 249 g/mol. The van der Waals surface area contributed by atoms with E-state index in [1.807, 2.05) is 14.0 Å². The van der Waals surface area contributed by atoms with Crippen molar-refractivity contribution >= 4 is 11.8 Å². The molecule has 18 heavy (non-hydrogen) atoms. The summed E-state index contributed by atoms with van der Waals surface area (Å²) in [5.74, 6) is 1.75. The standard InChI is InChI=1S/C13H23N5/c1-5-11-9-18(7-6-17(11)4)12-8-10(2)15-13(14-3)16-12/h8,11H,5-7,9H2,1-4H3,(H,14,15,16). The summed E-state index contributed by atoms with van der Waals surface area (Å²) < 4.78 is 0. The number of hydrogen-bond donors (Lipinski definition) is 1. The quantitative estimate of drug-likeness (QED) is 0.876. The molecule has 1 atom stereocenters. The molecule has 1 aromatic heterocycles. The molecule has 2 heterocycles. The van der Waals surface area contributed by atoms with Crippen LogP contribution in [0.5, 0.6) is 0 Å². The van der Waals surface area contributed by atoms with Crippen molar-refractivity contribution in [2.75, 3.05) is 43.9 Å². The first kappa shape index (κ1) is 13.1. The van der Waals surface area contributed by atoms with Crippen LogP contribution in [-0.2, 0) is 0 Å². The van der Waals surface area contributed by atoms with Crippen molar-refractivity contribution in [2.24, 2.45) is 0 Å². The van der Waals surface area contributed by atoms with E-state index in [4.69, 9.17) is 0 Å². The second kappa shape index (κ2) is 5.52. The van der Waals surface area contributed by atoms with Crippen LogP contribution in [0.25, 0.3) is 0 Å². The maximum atomic E-state index is 4.55. The molecule has 1 aromatic rings. The van der Waals surface area contributed by atoms with Crippen molar-refractivity contribution in [1.82, 2.24) is 14.9 Å². The fourth-order valence-corrected chi connectivity index (χ4v) is 2.42. The van der Waals surface area contributed by atoms with E-state index in [0.29, 0.717) is 12.0 Å². The zero-order valence-corrected chi connectivity index (χ0v) is 11.8. The molecule has 0 aromatic carbocycles. The first-order valence-electron chi connectivity index (χ1n) is 6.62. The zero-order valence-electron chi connectivity index (χ0n) is 11.8. The number of piperazine rings is 1. The summed E-state index contributed by atoms with van der Waals surface area (Å²) in [6, 6.07) is 2.69. The van der Waals surface area contributed by atoms with E-state index < -0.39 is 0 Å². The summed E-state index contributed by atoms with van der Waals surface area (Å²) in [6.45, 7) is 7.43. The Hall–Kier alpha value is -1.36. The first-order valence-corrected chi connectivity index (χ1v) is 6.62. The largest absolute Gasteiger partial charge is 0.357 e. The number of aryl methyl sites for hydroxylation is 1. The minimum absolute atomic E-state index is 0.618. The minimum atomic E-state index is 0.618. The van der Waals surface area contributed by atoms with Crippen LogP contribution in [-0.4, -0.2) is 54.6 Å². The van der Waals surface area contributed by atoms with Crippen LogP contribution in [0.15, 0.2) is 6.07 Å². The monoisotopic (exact) mass is 249 g/mol. The summed E-state index contributed by atoms with van der Waals surface area (Å²) in [6.07, 6.45) is 1.18. The van der Waals surface area contributed by atoms with Gasteiger partial charge in [-0.15, -0.1) is 0 Å². The molecule has 0 bridgehead atoms.